The van der Waals surface area contributed by atoms with Gasteiger partial charge in [-0.15, -0.1) is 0 Å². The van der Waals surface area contributed by atoms with E-state index in [9.17, 15) is 36.3 Å². The average molecular weight is 408 g/mol. The minimum atomic E-state index is -5.87. The van der Waals surface area contributed by atoms with Crippen LogP contribution in [0.25, 0.3) is 0 Å². The number of carbonyl (C=O) groups excluding carboxylic acids is 1. The molecular formula is C15H15F3N2O6S. The molecule has 1 saturated heterocycles. The van der Waals surface area contributed by atoms with Crippen molar-refractivity contribution in [3.05, 3.63) is 29.3 Å². The van der Waals surface area contributed by atoms with Crippen LogP contribution in [0.1, 0.15) is 21.8 Å². The van der Waals surface area contributed by atoms with E-state index in [1.54, 1.807) is 0 Å². The number of alkyl halides is 3. The molecule has 0 bridgehead atoms. The molecule has 148 valence electrons. The number of hydrogen-bond donors (Lipinski definition) is 1. The maximum atomic E-state index is 12.6. The third kappa shape index (κ3) is 3.40. The van der Waals surface area contributed by atoms with Gasteiger partial charge in [0.1, 0.15) is 5.75 Å². The number of halogens is 3. The van der Waals surface area contributed by atoms with Crippen molar-refractivity contribution in [2.24, 2.45) is 5.92 Å². The van der Waals surface area contributed by atoms with Crippen molar-refractivity contribution in [2.75, 3.05) is 26.7 Å². The lowest BCUT2D eigenvalue weighted by Crippen LogP contribution is -2.33. The SMILES string of the molecule is CN1CC2CN(C(=O)O)CC2c2ccc(OS(=O)(=O)C(F)(F)F)cc2C1=O. The van der Waals surface area contributed by atoms with Crippen LogP contribution in [0.5, 0.6) is 5.75 Å². The Labute approximate surface area is 152 Å². The van der Waals surface area contributed by atoms with Crippen LogP contribution in [-0.4, -0.2) is 67.5 Å². The van der Waals surface area contributed by atoms with E-state index in [4.69, 9.17) is 0 Å². The Bertz CT molecular complexity index is 901. The third-order valence-corrected chi connectivity index (χ3v) is 5.69. The Morgan fingerprint density at radius 3 is 2.52 bits per heavy atom. The van der Waals surface area contributed by atoms with Crippen LogP contribution in [0.4, 0.5) is 18.0 Å². The minimum Gasteiger partial charge on any atom is -0.465 e. The van der Waals surface area contributed by atoms with Gasteiger partial charge in [-0.25, -0.2) is 4.79 Å². The van der Waals surface area contributed by atoms with E-state index in [-0.39, 0.29) is 37.0 Å². The van der Waals surface area contributed by atoms with Crippen LogP contribution in [0.15, 0.2) is 18.2 Å². The zero-order chi connectivity index (χ0) is 20.1. The molecule has 1 aromatic carbocycles. The number of rotatable bonds is 2. The maximum absolute atomic E-state index is 12.6. The first kappa shape index (κ1) is 19.3. The van der Waals surface area contributed by atoms with Crippen LogP contribution in [0.3, 0.4) is 0 Å². The normalized spacial score (nSPS) is 22.9. The molecule has 2 unspecified atom stereocenters. The molecule has 1 N–H and O–H groups in total. The van der Waals surface area contributed by atoms with Crippen molar-refractivity contribution in [2.45, 2.75) is 11.4 Å². The number of amides is 2. The van der Waals surface area contributed by atoms with Gasteiger partial charge in [0, 0.05) is 44.1 Å². The predicted molar refractivity (Wildman–Crippen MR) is 84.8 cm³/mol. The summed E-state index contributed by atoms with van der Waals surface area (Å²) < 4.78 is 64.0. The number of likely N-dealkylation sites (tertiary alicyclic amines) is 1. The van der Waals surface area contributed by atoms with Gasteiger partial charge < -0.3 is 19.1 Å². The monoisotopic (exact) mass is 408 g/mol. The van der Waals surface area contributed by atoms with Crippen molar-refractivity contribution in [1.82, 2.24) is 9.80 Å². The topological polar surface area (TPSA) is 104 Å². The highest BCUT2D eigenvalue weighted by atomic mass is 32.2. The lowest BCUT2D eigenvalue weighted by atomic mass is 9.87. The first-order valence-corrected chi connectivity index (χ1v) is 9.19. The van der Waals surface area contributed by atoms with E-state index in [2.05, 4.69) is 4.18 Å². The van der Waals surface area contributed by atoms with E-state index in [0.29, 0.717) is 5.56 Å². The van der Waals surface area contributed by atoms with E-state index in [1.165, 1.54) is 22.9 Å². The lowest BCUT2D eigenvalue weighted by molar-refractivity contribution is -0.0500. The van der Waals surface area contributed by atoms with Crippen molar-refractivity contribution in [3.63, 3.8) is 0 Å². The molecule has 2 amide bonds. The van der Waals surface area contributed by atoms with Crippen LogP contribution in [0, 0.1) is 5.92 Å². The fourth-order valence-electron chi connectivity index (χ4n) is 3.47. The molecule has 2 atom stereocenters. The molecule has 0 aliphatic carbocycles. The van der Waals surface area contributed by atoms with E-state index < -0.39 is 33.4 Å². The minimum absolute atomic E-state index is 0.00730. The van der Waals surface area contributed by atoms with Gasteiger partial charge in [0.05, 0.1) is 0 Å². The summed E-state index contributed by atoms with van der Waals surface area (Å²) in [5, 5.41) is 9.20. The second kappa shape index (κ2) is 6.29. The van der Waals surface area contributed by atoms with Gasteiger partial charge in [0.25, 0.3) is 5.91 Å². The number of benzene rings is 1. The van der Waals surface area contributed by atoms with Crippen molar-refractivity contribution >= 4 is 22.1 Å². The Morgan fingerprint density at radius 1 is 1.26 bits per heavy atom. The smallest absolute Gasteiger partial charge is 0.465 e. The van der Waals surface area contributed by atoms with Gasteiger partial charge in [-0.3, -0.25) is 4.79 Å². The van der Waals surface area contributed by atoms with Gasteiger partial charge in [0.15, 0.2) is 0 Å². The summed E-state index contributed by atoms with van der Waals surface area (Å²) in [6, 6.07) is 3.29. The molecule has 0 radical (unpaired) electrons. The molecule has 2 aliphatic heterocycles. The van der Waals surface area contributed by atoms with E-state index in [0.717, 1.165) is 12.1 Å². The summed E-state index contributed by atoms with van der Waals surface area (Å²) >= 11 is 0. The number of fused-ring (bicyclic) bond motifs is 3. The summed E-state index contributed by atoms with van der Waals surface area (Å²) in [5.74, 6) is -1.66. The van der Waals surface area contributed by atoms with Crippen molar-refractivity contribution < 1.29 is 40.5 Å². The van der Waals surface area contributed by atoms with E-state index in [1.807, 2.05) is 0 Å². The zero-order valence-corrected chi connectivity index (χ0v) is 14.7. The first-order chi connectivity index (χ1) is 12.4. The highest BCUT2D eigenvalue weighted by Crippen LogP contribution is 2.39. The Morgan fingerprint density at radius 2 is 1.93 bits per heavy atom. The standard InChI is InChI=1S/C15H15F3N2O6S/c1-19-5-8-6-20(14(22)23)7-12(8)10-3-2-9(4-11(10)13(19)21)26-27(24,25)15(16,17)18/h2-4,8,12H,5-7H2,1H3,(H,22,23). The molecule has 0 aromatic heterocycles. The van der Waals surface area contributed by atoms with Crippen LogP contribution in [-0.2, 0) is 10.1 Å². The summed E-state index contributed by atoms with van der Waals surface area (Å²) in [4.78, 5) is 26.4. The fourth-order valence-corrected chi connectivity index (χ4v) is 3.93. The Hall–Kier alpha value is -2.50. The molecule has 27 heavy (non-hydrogen) atoms. The van der Waals surface area contributed by atoms with Crippen LogP contribution < -0.4 is 4.18 Å². The average Bonchev–Trinajstić information content (AvgIpc) is 2.93. The van der Waals surface area contributed by atoms with E-state index >= 15 is 0 Å². The number of carboxylic acid groups (broad SMARTS) is 1. The first-order valence-electron chi connectivity index (χ1n) is 7.78. The van der Waals surface area contributed by atoms with Gasteiger partial charge in [-0.2, -0.15) is 21.6 Å². The molecule has 1 fully saturated rings. The summed E-state index contributed by atoms with van der Waals surface area (Å²) in [7, 11) is -4.38. The molecule has 1 aromatic rings. The largest absolute Gasteiger partial charge is 0.534 e. The van der Waals surface area contributed by atoms with Crippen molar-refractivity contribution in [1.29, 1.82) is 0 Å². The summed E-state index contributed by atoms with van der Waals surface area (Å²) in [5.41, 5.74) is -5.15. The highest BCUT2D eigenvalue weighted by molar-refractivity contribution is 7.88. The molecular weight excluding hydrogens is 393 g/mol. The number of nitrogens with zero attached hydrogens (tertiary/aromatic N) is 2. The van der Waals surface area contributed by atoms with Gasteiger partial charge >= 0.3 is 21.7 Å². The van der Waals surface area contributed by atoms with Gasteiger partial charge in [-0.05, 0) is 17.7 Å². The fraction of sp³-hybridized carbons (Fsp3) is 0.467. The second-order valence-corrected chi connectivity index (χ2v) is 8.01. The Balaban J connectivity index is 2.00. The molecule has 0 spiro atoms. The lowest BCUT2D eigenvalue weighted by Gasteiger charge is -2.19. The third-order valence-electron chi connectivity index (χ3n) is 4.71. The molecule has 12 heteroatoms. The number of hydrogen-bond acceptors (Lipinski definition) is 5. The molecule has 2 aliphatic rings. The quantitative estimate of drug-likeness (QED) is 0.590. The van der Waals surface area contributed by atoms with Gasteiger partial charge in [-0.1, -0.05) is 6.07 Å². The molecule has 2 heterocycles. The number of carbonyl (C=O) groups is 2. The van der Waals surface area contributed by atoms with Crippen LogP contribution >= 0.6 is 0 Å². The summed E-state index contributed by atoms with van der Waals surface area (Å²) in [6.45, 7) is 0.617. The molecule has 8 nitrogen and oxygen atoms in total. The predicted octanol–water partition coefficient (Wildman–Crippen LogP) is 1.69. The summed E-state index contributed by atoms with van der Waals surface area (Å²) in [6.07, 6.45) is -1.10. The maximum Gasteiger partial charge on any atom is 0.534 e. The second-order valence-electron chi connectivity index (χ2n) is 6.47. The molecule has 0 saturated carbocycles. The zero-order valence-electron chi connectivity index (χ0n) is 13.9. The highest BCUT2D eigenvalue weighted by Gasteiger charge is 2.49. The van der Waals surface area contributed by atoms with Gasteiger partial charge in [0.2, 0.25) is 0 Å². The Kier molecular flexibility index (Phi) is 4.49. The van der Waals surface area contributed by atoms with Crippen LogP contribution in [0.2, 0.25) is 0 Å². The van der Waals surface area contributed by atoms with Crippen molar-refractivity contribution in [3.8, 4) is 5.75 Å². The molecule has 3 rings (SSSR count).